The van der Waals surface area contributed by atoms with Gasteiger partial charge in [-0.15, -0.1) is 0 Å². The third-order valence-corrected chi connectivity index (χ3v) is 3.90. The molecule has 0 bridgehead atoms. The van der Waals surface area contributed by atoms with Crippen LogP contribution in [0.1, 0.15) is 51.4 Å². The first-order valence-electron chi connectivity index (χ1n) is 7.19. The van der Waals surface area contributed by atoms with E-state index in [2.05, 4.69) is 13.8 Å². The fourth-order valence-electron chi connectivity index (χ4n) is 2.64. The van der Waals surface area contributed by atoms with Gasteiger partial charge in [-0.2, -0.15) is 0 Å². The van der Waals surface area contributed by atoms with Crippen LogP contribution >= 0.6 is 0 Å². The van der Waals surface area contributed by atoms with Crippen molar-refractivity contribution >= 4 is 0 Å². The lowest BCUT2D eigenvalue weighted by atomic mass is 9.86. The maximum Gasteiger partial charge on any atom is 0.0844 e. The Labute approximate surface area is 106 Å². The van der Waals surface area contributed by atoms with Crippen molar-refractivity contribution < 1.29 is 9.47 Å². The van der Waals surface area contributed by atoms with Crippen molar-refractivity contribution in [3.05, 3.63) is 13.8 Å². The predicted molar refractivity (Wildman–Crippen MR) is 69.5 cm³/mol. The lowest BCUT2D eigenvalue weighted by Gasteiger charge is -2.17. The Bertz CT molecular complexity index is 213. The summed E-state index contributed by atoms with van der Waals surface area (Å²) < 4.78 is 10.4. The maximum atomic E-state index is 5.43. The molecule has 0 N–H and O–H groups in total. The summed E-state index contributed by atoms with van der Waals surface area (Å²) in [5.41, 5.74) is 0. The normalized spacial score (nSPS) is 37.8. The van der Waals surface area contributed by atoms with E-state index in [-0.39, 0.29) is 0 Å². The molecule has 1 aliphatic carbocycles. The van der Waals surface area contributed by atoms with E-state index in [0.717, 1.165) is 25.4 Å². The van der Waals surface area contributed by atoms with Crippen molar-refractivity contribution in [1.82, 2.24) is 0 Å². The van der Waals surface area contributed by atoms with Crippen LogP contribution in [0, 0.1) is 19.8 Å². The van der Waals surface area contributed by atoms with E-state index in [1.165, 1.54) is 38.5 Å². The van der Waals surface area contributed by atoms with Crippen molar-refractivity contribution in [2.75, 3.05) is 6.61 Å². The van der Waals surface area contributed by atoms with Gasteiger partial charge in [0.25, 0.3) is 0 Å². The van der Waals surface area contributed by atoms with Crippen LogP contribution in [0.2, 0.25) is 0 Å². The van der Waals surface area contributed by atoms with Gasteiger partial charge in [0.1, 0.15) is 0 Å². The lowest BCUT2D eigenvalue weighted by molar-refractivity contribution is 0.352. The van der Waals surface area contributed by atoms with Crippen LogP contribution in [0.15, 0.2) is 0 Å². The van der Waals surface area contributed by atoms with E-state index in [1.54, 1.807) is 0 Å². The van der Waals surface area contributed by atoms with Crippen molar-refractivity contribution in [3.8, 4) is 0 Å². The van der Waals surface area contributed by atoms with Crippen molar-refractivity contribution in [2.45, 2.75) is 69.7 Å². The molecule has 0 aromatic carbocycles. The Hall–Kier alpha value is -0.0800. The Morgan fingerprint density at radius 1 is 1.00 bits per heavy atom. The molecule has 17 heavy (non-hydrogen) atoms. The molecule has 2 aliphatic heterocycles. The summed E-state index contributed by atoms with van der Waals surface area (Å²) in [5, 5.41) is 0. The summed E-state index contributed by atoms with van der Waals surface area (Å²) in [6.45, 7) is 8.61. The highest BCUT2D eigenvalue weighted by atomic mass is 16.6. The van der Waals surface area contributed by atoms with Gasteiger partial charge in [0, 0.05) is 0 Å². The molecule has 4 atom stereocenters. The van der Waals surface area contributed by atoms with Crippen LogP contribution in [0.3, 0.4) is 0 Å². The summed E-state index contributed by atoms with van der Waals surface area (Å²) >= 11 is 0. The average molecular weight is 238 g/mol. The smallest absolute Gasteiger partial charge is 0.0844 e. The summed E-state index contributed by atoms with van der Waals surface area (Å²) in [7, 11) is 0. The van der Waals surface area contributed by atoms with Crippen LogP contribution in [0.4, 0.5) is 0 Å². The largest absolute Gasteiger partial charge is 0.373 e. The van der Waals surface area contributed by atoms with Gasteiger partial charge in [-0.1, -0.05) is 39.5 Å². The molecule has 4 unspecified atom stereocenters. The molecule has 2 radical (unpaired) electrons. The average Bonchev–Trinajstić information content (AvgIpc) is 3.22. The highest BCUT2D eigenvalue weighted by molar-refractivity contribution is 4.91. The van der Waals surface area contributed by atoms with Gasteiger partial charge in [0.05, 0.1) is 24.9 Å². The van der Waals surface area contributed by atoms with Crippen molar-refractivity contribution in [3.63, 3.8) is 0 Å². The Balaban J connectivity index is 0.000000136. The molecule has 0 aromatic heterocycles. The number of hydrogen-bond donors (Lipinski definition) is 0. The van der Waals surface area contributed by atoms with E-state index in [4.69, 9.17) is 9.47 Å². The summed E-state index contributed by atoms with van der Waals surface area (Å²) in [4.78, 5) is 0. The molecule has 3 fully saturated rings. The summed E-state index contributed by atoms with van der Waals surface area (Å²) in [5.74, 6) is 0.932. The van der Waals surface area contributed by atoms with E-state index in [0.29, 0.717) is 18.3 Å². The van der Waals surface area contributed by atoms with Crippen LogP contribution in [0.25, 0.3) is 0 Å². The second kappa shape index (κ2) is 6.75. The first-order chi connectivity index (χ1) is 8.33. The molecule has 0 spiro atoms. The van der Waals surface area contributed by atoms with Crippen LogP contribution < -0.4 is 0 Å². The quantitative estimate of drug-likeness (QED) is 0.684. The molecule has 98 valence electrons. The van der Waals surface area contributed by atoms with Crippen molar-refractivity contribution in [2.24, 2.45) is 5.92 Å². The zero-order chi connectivity index (χ0) is 12.1. The van der Waals surface area contributed by atoms with Gasteiger partial charge in [0.15, 0.2) is 0 Å². The molecule has 2 nitrogen and oxygen atoms in total. The highest BCUT2D eigenvalue weighted by Gasteiger charge is 2.43. The number of hydrogen-bond acceptors (Lipinski definition) is 2. The second-order valence-corrected chi connectivity index (χ2v) is 5.49. The third kappa shape index (κ3) is 4.97. The minimum atomic E-state index is 0.613. The summed E-state index contributed by atoms with van der Waals surface area (Å²) in [6, 6.07) is 0. The highest BCUT2D eigenvalue weighted by Crippen LogP contribution is 2.40. The van der Waals surface area contributed by atoms with Gasteiger partial charge in [0.2, 0.25) is 0 Å². The fraction of sp³-hybridized carbons (Fsp3) is 0.867. The molecule has 3 aliphatic rings. The molecule has 2 heterocycles. The molecule has 0 amide bonds. The van der Waals surface area contributed by atoms with Crippen LogP contribution in [0.5, 0.6) is 0 Å². The first-order valence-corrected chi connectivity index (χ1v) is 7.19. The van der Waals surface area contributed by atoms with E-state index in [9.17, 15) is 0 Å². The zero-order valence-corrected chi connectivity index (χ0v) is 10.9. The van der Waals surface area contributed by atoms with E-state index >= 15 is 0 Å². The Morgan fingerprint density at radius 2 is 1.82 bits per heavy atom. The third-order valence-electron chi connectivity index (χ3n) is 3.90. The van der Waals surface area contributed by atoms with Gasteiger partial charge in [-0.3, -0.25) is 0 Å². The minimum Gasteiger partial charge on any atom is -0.373 e. The van der Waals surface area contributed by atoms with Gasteiger partial charge >= 0.3 is 0 Å². The monoisotopic (exact) mass is 238 g/mol. The molecule has 0 aromatic rings. The predicted octanol–water partition coefficient (Wildman–Crippen LogP) is 3.56. The first kappa shape index (κ1) is 13.4. The molecule has 1 saturated carbocycles. The van der Waals surface area contributed by atoms with Crippen LogP contribution in [-0.2, 0) is 9.47 Å². The standard InChI is InChI=1S/C9H15O.C6H11O/c1-2-3-7-4-5-8-9(6-7)10-8;1-2-3-4-6-5-7-6/h7-9H,1-6H2;6H,1-5H2. The Morgan fingerprint density at radius 3 is 2.41 bits per heavy atom. The van der Waals surface area contributed by atoms with E-state index < -0.39 is 0 Å². The molecular formula is C15H26O2. The van der Waals surface area contributed by atoms with Crippen molar-refractivity contribution in [1.29, 1.82) is 0 Å². The fourth-order valence-corrected chi connectivity index (χ4v) is 2.64. The number of rotatable bonds is 5. The van der Waals surface area contributed by atoms with Gasteiger partial charge in [-0.25, -0.2) is 0 Å². The maximum absolute atomic E-state index is 5.43. The van der Waals surface area contributed by atoms with Gasteiger partial charge in [-0.05, 0) is 31.6 Å². The molecule has 3 rings (SSSR count). The topological polar surface area (TPSA) is 25.1 Å². The number of epoxide rings is 2. The number of ether oxygens (including phenoxy) is 2. The molecule has 2 saturated heterocycles. The molecule has 2 heteroatoms. The number of fused-ring (bicyclic) bond motifs is 1. The van der Waals surface area contributed by atoms with E-state index in [1.807, 2.05) is 0 Å². The molecular weight excluding hydrogens is 212 g/mol. The summed E-state index contributed by atoms with van der Waals surface area (Å²) in [6.07, 6.45) is 11.9. The second-order valence-electron chi connectivity index (χ2n) is 5.49. The zero-order valence-electron chi connectivity index (χ0n) is 10.9. The Kier molecular flexibility index (Phi) is 5.30. The number of unbranched alkanes of at least 4 members (excludes halogenated alkanes) is 1. The SMILES string of the molecule is [CH2]CCC1CCC2OC2C1.[CH2]CCCC1CO1. The van der Waals surface area contributed by atoms with Gasteiger partial charge < -0.3 is 9.47 Å². The minimum absolute atomic E-state index is 0.613. The van der Waals surface area contributed by atoms with Crippen LogP contribution in [-0.4, -0.2) is 24.9 Å². The lowest BCUT2D eigenvalue weighted by Crippen LogP contribution is -2.12.